The quantitative estimate of drug-likeness (QED) is 0.862. The van der Waals surface area contributed by atoms with E-state index in [4.69, 9.17) is 4.74 Å². The number of aliphatic hydroxyl groups is 1. The third-order valence-electron chi connectivity index (χ3n) is 5.14. The molecule has 2 rings (SSSR count). The van der Waals surface area contributed by atoms with Crippen molar-refractivity contribution in [2.75, 3.05) is 6.61 Å². The summed E-state index contributed by atoms with van der Waals surface area (Å²) in [7, 11) is 0. The van der Waals surface area contributed by atoms with Gasteiger partial charge in [-0.3, -0.25) is 0 Å². The molecule has 0 saturated heterocycles. The molecule has 1 saturated carbocycles. The summed E-state index contributed by atoms with van der Waals surface area (Å²) in [5.41, 5.74) is 1.39. The molecule has 0 amide bonds. The largest absolute Gasteiger partial charge is 0.494 e. The van der Waals surface area contributed by atoms with E-state index in [0.29, 0.717) is 5.92 Å². The Balaban J connectivity index is 2.07. The van der Waals surface area contributed by atoms with Gasteiger partial charge >= 0.3 is 0 Å². The van der Waals surface area contributed by atoms with Gasteiger partial charge in [-0.15, -0.1) is 0 Å². The van der Waals surface area contributed by atoms with E-state index in [2.05, 4.69) is 34.6 Å². The Labute approximate surface area is 116 Å². The summed E-state index contributed by atoms with van der Waals surface area (Å²) in [5.74, 6) is 1.20. The van der Waals surface area contributed by atoms with Crippen LogP contribution in [0, 0.1) is 16.7 Å². The van der Waals surface area contributed by atoms with E-state index in [1.54, 1.807) is 0 Å². The highest BCUT2D eigenvalue weighted by Gasteiger charge is 2.67. The minimum absolute atomic E-state index is 0.198. The van der Waals surface area contributed by atoms with Crippen molar-refractivity contribution in [3.05, 3.63) is 29.8 Å². The molecule has 0 heterocycles. The van der Waals surface area contributed by atoms with Gasteiger partial charge in [0.2, 0.25) is 0 Å². The van der Waals surface area contributed by atoms with Gasteiger partial charge < -0.3 is 9.84 Å². The number of hydrogen-bond donors (Lipinski definition) is 1. The first-order valence-corrected chi connectivity index (χ1v) is 7.23. The number of aliphatic hydroxyl groups excluding tert-OH is 1. The average Bonchev–Trinajstić information content (AvgIpc) is 2.77. The van der Waals surface area contributed by atoms with Crippen LogP contribution in [-0.4, -0.2) is 11.7 Å². The molecule has 0 spiro atoms. The standard InChI is InChI=1S/C17H26O2/c1-6-11-19-13-9-7-12(8-10-13)14(18)15-16(2,3)17(15,4)5/h7-10,14-15,18H,6,11H2,1-5H3. The molecule has 19 heavy (non-hydrogen) atoms. The molecule has 1 atom stereocenters. The summed E-state index contributed by atoms with van der Waals surface area (Å²) in [5, 5.41) is 10.6. The fraction of sp³-hybridized carbons (Fsp3) is 0.647. The summed E-state index contributed by atoms with van der Waals surface area (Å²) in [6, 6.07) is 7.88. The fourth-order valence-electron chi connectivity index (χ4n) is 3.21. The molecule has 1 unspecified atom stereocenters. The van der Waals surface area contributed by atoms with E-state index in [-0.39, 0.29) is 16.9 Å². The van der Waals surface area contributed by atoms with Crippen molar-refractivity contribution < 1.29 is 9.84 Å². The maximum Gasteiger partial charge on any atom is 0.119 e. The molecule has 1 aliphatic carbocycles. The summed E-state index contributed by atoms with van der Waals surface area (Å²) >= 11 is 0. The smallest absolute Gasteiger partial charge is 0.119 e. The molecule has 1 aliphatic rings. The molecule has 0 bridgehead atoms. The molecule has 0 radical (unpaired) electrons. The van der Waals surface area contributed by atoms with Gasteiger partial charge in [-0.25, -0.2) is 0 Å². The maximum absolute atomic E-state index is 10.6. The van der Waals surface area contributed by atoms with Gasteiger partial charge in [0.1, 0.15) is 5.75 Å². The van der Waals surface area contributed by atoms with E-state index in [1.165, 1.54) is 0 Å². The van der Waals surface area contributed by atoms with Crippen molar-refractivity contribution in [3.8, 4) is 5.75 Å². The lowest BCUT2D eigenvalue weighted by atomic mass is 9.99. The Morgan fingerprint density at radius 1 is 1.11 bits per heavy atom. The zero-order valence-electron chi connectivity index (χ0n) is 12.7. The van der Waals surface area contributed by atoms with E-state index in [0.717, 1.165) is 24.3 Å². The molecule has 106 valence electrons. The molecule has 0 aliphatic heterocycles. The van der Waals surface area contributed by atoms with Crippen molar-refractivity contribution >= 4 is 0 Å². The SMILES string of the molecule is CCCOc1ccc(C(O)C2C(C)(C)C2(C)C)cc1. The minimum Gasteiger partial charge on any atom is -0.494 e. The van der Waals surface area contributed by atoms with Crippen LogP contribution < -0.4 is 4.74 Å². The van der Waals surface area contributed by atoms with Crippen molar-refractivity contribution in [1.82, 2.24) is 0 Å². The molecule has 0 aromatic heterocycles. The van der Waals surface area contributed by atoms with Crippen LogP contribution in [0.5, 0.6) is 5.75 Å². The minimum atomic E-state index is -0.384. The Kier molecular flexibility index (Phi) is 3.65. The molecule has 1 aromatic rings. The van der Waals surface area contributed by atoms with Crippen molar-refractivity contribution in [2.24, 2.45) is 16.7 Å². The number of benzene rings is 1. The predicted octanol–water partition coefficient (Wildman–Crippen LogP) is 4.19. The van der Waals surface area contributed by atoms with Crippen LogP contribution in [0.3, 0.4) is 0 Å². The van der Waals surface area contributed by atoms with Crippen LogP contribution in [0.4, 0.5) is 0 Å². The number of hydrogen-bond acceptors (Lipinski definition) is 2. The second kappa shape index (κ2) is 4.82. The third kappa shape index (κ3) is 2.38. The van der Waals surface area contributed by atoms with E-state index < -0.39 is 0 Å². The topological polar surface area (TPSA) is 29.5 Å². The van der Waals surface area contributed by atoms with Gasteiger partial charge in [-0.2, -0.15) is 0 Å². The summed E-state index contributed by atoms with van der Waals surface area (Å²) in [4.78, 5) is 0. The number of ether oxygens (including phenoxy) is 1. The lowest BCUT2D eigenvalue weighted by molar-refractivity contribution is 0.130. The Hall–Kier alpha value is -1.02. The lowest BCUT2D eigenvalue weighted by Crippen LogP contribution is -2.05. The van der Waals surface area contributed by atoms with Gasteiger partial charge in [0.25, 0.3) is 0 Å². The first-order valence-electron chi connectivity index (χ1n) is 7.23. The number of rotatable bonds is 5. The van der Waals surface area contributed by atoms with E-state index in [9.17, 15) is 5.11 Å². The maximum atomic E-state index is 10.6. The summed E-state index contributed by atoms with van der Waals surface area (Å²) < 4.78 is 5.57. The van der Waals surface area contributed by atoms with Crippen LogP contribution in [0.2, 0.25) is 0 Å². The zero-order chi connectivity index (χ0) is 14.3. The lowest BCUT2D eigenvalue weighted by Gasteiger charge is -2.14. The average molecular weight is 262 g/mol. The van der Waals surface area contributed by atoms with Crippen LogP contribution in [0.25, 0.3) is 0 Å². The first-order chi connectivity index (χ1) is 8.82. The second-order valence-corrected chi connectivity index (χ2v) is 6.78. The molecular formula is C17H26O2. The third-order valence-corrected chi connectivity index (χ3v) is 5.14. The van der Waals surface area contributed by atoms with Gasteiger partial charge in [-0.1, -0.05) is 46.8 Å². The van der Waals surface area contributed by atoms with Crippen LogP contribution in [0.1, 0.15) is 52.7 Å². The highest BCUT2D eigenvalue weighted by molar-refractivity contribution is 5.31. The molecule has 1 fully saturated rings. The van der Waals surface area contributed by atoms with Crippen molar-refractivity contribution in [1.29, 1.82) is 0 Å². The molecule has 1 aromatic carbocycles. The predicted molar refractivity (Wildman–Crippen MR) is 78.2 cm³/mol. The highest BCUT2D eigenvalue weighted by atomic mass is 16.5. The zero-order valence-corrected chi connectivity index (χ0v) is 12.7. The second-order valence-electron chi connectivity index (χ2n) is 6.78. The Bertz CT molecular complexity index is 417. The molecular weight excluding hydrogens is 236 g/mol. The van der Waals surface area contributed by atoms with E-state index in [1.807, 2.05) is 24.3 Å². The Morgan fingerprint density at radius 3 is 2.05 bits per heavy atom. The van der Waals surface area contributed by atoms with Crippen molar-refractivity contribution in [3.63, 3.8) is 0 Å². The van der Waals surface area contributed by atoms with E-state index >= 15 is 0 Å². The van der Waals surface area contributed by atoms with Crippen molar-refractivity contribution in [2.45, 2.75) is 47.1 Å². The first kappa shape index (κ1) is 14.4. The summed E-state index contributed by atoms with van der Waals surface area (Å²) in [6.45, 7) is 11.8. The molecule has 1 N–H and O–H groups in total. The highest BCUT2D eigenvalue weighted by Crippen LogP contribution is 2.72. The van der Waals surface area contributed by atoms with Gasteiger partial charge in [0, 0.05) is 5.92 Å². The van der Waals surface area contributed by atoms with Crippen LogP contribution in [-0.2, 0) is 0 Å². The Morgan fingerprint density at radius 2 is 1.63 bits per heavy atom. The van der Waals surface area contributed by atoms with Gasteiger partial charge in [0.05, 0.1) is 12.7 Å². The normalized spacial score (nSPS) is 22.0. The van der Waals surface area contributed by atoms with Gasteiger partial charge in [-0.05, 0) is 34.9 Å². The molecule has 2 nitrogen and oxygen atoms in total. The molecule has 2 heteroatoms. The summed E-state index contributed by atoms with van der Waals surface area (Å²) in [6.07, 6.45) is 0.625. The monoisotopic (exact) mass is 262 g/mol. The van der Waals surface area contributed by atoms with Crippen LogP contribution >= 0.6 is 0 Å². The van der Waals surface area contributed by atoms with Crippen LogP contribution in [0.15, 0.2) is 24.3 Å². The van der Waals surface area contributed by atoms with Gasteiger partial charge in [0.15, 0.2) is 0 Å². The fourth-order valence-corrected chi connectivity index (χ4v) is 3.21.